The maximum atomic E-state index is 12.7. The van der Waals surface area contributed by atoms with Crippen molar-refractivity contribution < 1.29 is 14.3 Å². The predicted octanol–water partition coefficient (Wildman–Crippen LogP) is 3.89. The molecule has 2 aromatic carbocycles. The van der Waals surface area contributed by atoms with Gasteiger partial charge in [-0.1, -0.05) is 18.2 Å². The van der Waals surface area contributed by atoms with E-state index in [1.54, 1.807) is 23.7 Å². The van der Waals surface area contributed by atoms with Gasteiger partial charge >= 0.3 is 5.97 Å². The Kier molecular flexibility index (Phi) is 6.54. The van der Waals surface area contributed by atoms with E-state index in [1.807, 2.05) is 31.2 Å². The van der Waals surface area contributed by atoms with Crippen LogP contribution in [0.1, 0.15) is 51.7 Å². The Balaban J connectivity index is 1.43. The standard InChI is InChI=1S/C25H28N4O3/c1-3-32-25(31)22-17-27-29(18(22)2)21-12-10-19(11-13-21)24(30)26-16-20-8-4-5-9-23(20)28-14-6-7-15-28/h4-5,8-13,17H,3,6-7,14-16H2,1-2H3,(H,26,30). The number of carbonyl (C=O) groups is 2. The Labute approximate surface area is 188 Å². The lowest BCUT2D eigenvalue weighted by Gasteiger charge is -2.21. The largest absolute Gasteiger partial charge is 0.462 e. The summed E-state index contributed by atoms with van der Waals surface area (Å²) in [4.78, 5) is 27.1. The van der Waals surface area contributed by atoms with Crippen LogP contribution in [0.15, 0.2) is 54.7 Å². The van der Waals surface area contributed by atoms with Crippen LogP contribution in [0.2, 0.25) is 0 Å². The molecule has 0 atom stereocenters. The molecule has 4 rings (SSSR count). The van der Waals surface area contributed by atoms with Crippen molar-refractivity contribution in [1.29, 1.82) is 0 Å². The van der Waals surface area contributed by atoms with Crippen LogP contribution in [0.5, 0.6) is 0 Å². The zero-order chi connectivity index (χ0) is 22.5. The minimum Gasteiger partial charge on any atom is -0.462 e. The van der Waals surface area contributed by atoms with Crippen LogP contribution >= 0.6 is 0 Å². The molecule has 0 radical (unpaired) electrons. The van der Waals surface area contributed by atoms with Crippen molar-refractivity contribution in [2.45, 2.75) is 33.2 Å². The number of rotatable bonds is 7. The van der Waals surface area contributed by atoms with Gasteiger partial charge < -0.3 is 15.0 Å². The molecule has 3 aromatic rings. The van der Waals surface area contributed by atoms with E-state index in [0.717, 1.165) is 24.3 Å². The number of aromatic nitrogens is 2. The lowest BCUT2D eigenvalue weighted by Crippen LogP contribution is -2.25. The van der Waals surface area contributed by atoms with E-state index in [1.165, 1.54) is 24.7 Å². The average Bonchev–Trinajstić information content (AvgIpc) is 3.48. The quantitative estimate of drug-likeness (QED) is 0.573. The molecule has 1 aromatic heterocycles. The summed E-state index contributed by atoms with van der Waals surface area (Å²) < 4.78 is 6.73. The highest BCUT2D eigenvalue weighted by molar-refractivity contribution is 5.94. The van der Waals surface area contributed by atoms with Crippen molar-refractivity contribution >= 4 is 17.6 Å². The normalized spacial score (nSPS) is 13.2. The van der Waals surface area contributed by atoms with Crippen LogP contribution < -0.4 is 10.2 Å². The Morgan fingerprint density at radius 3 is 2.50 bits per heavy atom. The van der Waals surface area contributed by atoms with Crippen molar-refractivity contribution in [3.05, 3.63) is 77.1 Å². The van der Waals surface area contributed by atoms with Crippen molar-refractivity contribution in [3.8, 4) is 5.69 Å². The molecule has 1 aliphatic heterocycles. The Morgan fingerprint density at radius 1 is 1.06 bits per heavy atom. The molecule has 1 amide bonds. The zero-order valence-corrected chi connectivity index (χ0v) is 18.5. The summed E-state index contributed by atoms with van der Waals surface area (Å²) in [6.07, 6.45) is 3.93. The highest BCUT2D eigenvalue weighted by Gasteiger charge is 2.17. The van der Waals surface area contributed by atoms with Gasteiger partial charge in [0.25, 0.3) is 5.91 Å². The Hall–Kier alpha value is -3.61. The van der Waals surface area contributed by atoms with Gasteiger partial charge in [-0.05, 0) is 62.6 Å². The number of nitrogens with one attached hydrogen (secondary N) is 1. The molecule has 1 fully saturated rings. The zero-order valence-electron chi connectivity index (χ0n) is 18.5. The smallest absolute Gasteiger partial charge is 0.341 e. The summed E-state index contributed by atoms with van der Waals surface area (Å²) in [5.74, 6) is -0.515. The maximum absolute atomic E-state index is 12.7. The number of anilines is 1. The molecule has 32 heavy (non-hydrogen) atoms. The van der Waals surface area contributed by atoms with Gasteiger partial charge in [-0.25, -0.2) is 9.48 Å². The first-order valence-corrected chi connectivity index (χ1v) is 11.0. The molecular formula is C25H28N4O3. The maximum Gasteiger partial charge on any atom is 0.341 e. The number of carbonyl (C=O) groups excluding carboxylic acids is 2. The van der Waals surface area contributed by atoms with Gasteiger partial charge in [0.1, 0.15) is 5.56 Å². The number of benzene rings is 2. The highest BCUT2D eigenvalue weighted by atomic mass is 16.5. The van der Waals surface area contributed by atoms with Crippen molar-refractivity contribution in [2.24, 2.45) is 0 Å². The molecule has 0 bridgehead atoms. The van der Waals surface area contributed by atoms with Gasteiger partial charge in [-0.15, -0.1) is 0 Å². The third-order valence-corrected chi connectivity index (χ3v) is 5.76. The van der Waals surface area contributed by atoms with Gasteiger partial charge in [0.15, 0.2) is 0 Å². The van der Waals surface area contributed by atoms with E-state index in [0.29, 0.717) is 30.0 Å². The molecule has 7 heteroatoms. The fourth-order valence-corrected chi connectivity index (χ4v) is 4.04. The monoisotopic (exact) mass is 432 g/mol. The van der Waals surface area contributed by atoms with Crippen LogP contribution in [0.4, 0.5) is 5.69 Å². The van der Waals surface area contributed by atoms with Crippen molar-refractivity contribution in [2.75, 3.05) is 24.6 Å². The third kappa shape index (κ3) is 4.51. The van der Waals surface area contributed by atoms with Gasteiger partial charge in [0.05, 0.1) is 24.2 Å². The second-order valence-electron chi connectivity index (χ2n) is 7.83. The number of nitrogens with zero attached hydrogens (tertiary/aromatic N) is 3. The minimum absolute atomic E-state index is 0.128. The molecule has 0 aliphatic carbocycles. The van der Waals surface area contributed by atoms with Gasteiger partial charge in [0, 0.05) is 30.9 Å². The summed E-state index contributed by atoms with van der Waals surface area (Å²) in [7, 11) is 0. The number of para-hydroxylation sites is 1. The van der Waals surface area contributed by atoms with E-state index in [-0.39, 0.29) is 11.9 Å². The van der Waals surface area contributed by atoms with Gasteiger partial charge in [0.2, 0.25) is 0 Å². The third-order valence-electron chi connectivity index (χ3n) is 5.76. The molecule has 0 unspecified atom stereocenters. The first kappa shape index (κ1) is 21.6. The van der Waals surface area contributed by atoms with Crippen LogP contribution in [0.25, 0.3) is 5.69 Å². The summed E-state index contributed by atoms with van der Waals surface area (Å²) in [5.41, 5.74) is 4.80. The molecule has 166 valence electrons. The molecule has 2 heterocycles. The van der Waals surface area contributed by atoms with Crippen LogP contribution in [-0.2, 0) is 11.3 Å². The highest BCUT2D eigenvalue weighted by Crippen LogP contribution is 2.24. The van der Waals surface area contributed by atoms with E-state index < -0.39 is 0 Å². The summed E-state index contributed by atoms with van der Waals surface area (Å²) in [6, 6.07) is 15.4. The number of esters is 1. The first-order chi connectivity index (χ1) is 15.6. The Morgan fingerprint density at radius 2 is 1.78 bits per heavy atom. The van der Waals surface area contributed by atoms with E-state index in [4.69, 9.17) is 4.74 Å². The van der Waals surface area contributed by atoms with Crippen LogP contribution in [0.3, 0.4) is 0 Å². The second-order valence-corrected chi connectivity index (χ2v) is 7.83. The fraction of sp³-hybridized carbons (Fsp3) is 0.320. The predicted molar refractivity (Wildman–Crippen MR) is 123 cm³/mol. The number of hydrogen-bond donors (Lipinski definition) is 1. The molecule has 1 saturated heterocycles. The number of hydrogen-bond acceptors (Lipinski definition) is 5. The lowest BCUT2D eigenvalue weighted by molar-refractivity contribution is 0.0525. The van der Waals surface area contributed by atoms with Crippen molar-refractivity contribution in [1.82, 2.24) is 15.1 Å². The Bertz CT molecular complexity index is 1100. The topological polar surface area (TPSA) is 76.5 Å². The number of ether oxygens (including phenoxy) is 1. The number of amides is 1. The molecule has 1 N–H and O–H groups in total. The first-order valence-electron chi connectivity index (χ1n) is 11.0. The fourth-order valence-electron chi connectivity index (χ4n) is 4.04. The summed E-state index contributed by atoms with van der Waals surface area (Å²) >= 11 is 0. The van der Waals surface area contributed by atoms with Crippen LogP contribution in [-0.4, -0.2) is 41.4 Å². The molecule has 1 aliphatic rings. The SMILES string of the molecule is CCOC(=O)c1cnn(-c2ccc(C(=O)NCc3ccccc3N3CCCC3)cc2)c1C. The molecule has 0 spiro atoms. The minimum atomic E-state index is -0.388. The average molecular weight is 433 g/mol. The second kappa shape index (κ2) is 9.68. The van der Waals surface area contributed by atoms with E-state index in [2.05, 4.69) is 27.4 Å². The van der Waals surface area contributed by atoms with E-state index >= 15 is 0 Å². The lowest BCUT2D eigenvalue weighted by atomic mass is 10.1. The molecular weight excluding hydrogens is 404 g/mol. The van der Waals surface area contributed by atoms with E-state index in [9.17, 15) is 9.59 Å². The molecule has 7 nitrogen and oxygen atoms in total. The molecule has 0 saturated carbocycles. The van der Waals surface area contributed by atoms with Gasteiger partial charge in [-0.2, -0.15) is 5.10 Å². The van der Waals surface area contributed by atoms with Crippen molar-refractivity contribution in [3.63, 3.8) is 0 Å². The summed E-state index contributed by atoms with van der Waals surface area (Å²) in [5, 5.41) is 7.33. The van der Waals surface area contributed by atoms with Crippen LogP contribution in [0, 0.1) is 6.92 Å². The summed E-state index contributed by atoms with van der Waals surface area (Å²) in [6.45, 7) is 6.52. The van der Waals surface area contributed by atoms with Gasteiger partial charge in [-0.3, -0.25) is 4.79 Å².